The Morgan fingerprint density at radius 1 is 1.36 bits per heavy atom. The van der Waals surface area contributed by atoms with Gasteiger partial charge in [0.15, 0.2) is 0 Å². The molecule has 2 aromatic heterocycles. The van der Waals surface area contributed by atoms with Crippen molar-refractivity contribution in [1.29, 1.82) is 0 Å². The fourth-order valence-electron chi connectivity index (χ4n) is 0.997. The zero-order valence-electron chi connectivity index (χ0n) is 7.31. The lowest BCUT2D eigenvalue weighted by Crippen LogP contribution is -1.93. The number of halogens is 1. The number of ether oxygens (including phenoxy) is 1. The van der Waals surface area contributed by atoms with E-state index in [4.69, 9.17) is 9.15 Å². The van der Waals surface area contributed by atoms with E-state index in [1.165, 1.54) is 0 Å². The van der Waals surface area contributed by atoms with Crippen molar-refractivity contribution in [3.8, 4) is 5.75 Å². The fraction of sp³-hybridized carbons (Fsp3) is 0.100. The third kappa shape index (κ3) is 2.35. The lowest BCUT2D eigenvalue weighted by molar-refractivity contribution is 0.269. The van der Waals surface area contributed by atoms with Gasteiger partial charge in [-0.25, -0.2) is 4.98 Å². The molecule has 0 amide bonds. The van der Waals surface area contributed by atoms with Crippen LogP contribution in [0.25, 0.3) is 0 Å². The molecular weight excluding hydrogens is 246 g/mol. The summed E-state index contributed by atoms with van der Waals surface area (Å²) >= 11 is 3.25. The van der Waals surface area contributed by atoms with Crippen molar-refractivity contribution >= 4 is 15.9 Å². The number of rotatable bonds is 3. The largest absolute Gasteiger partial charge is 0.484 e. The van der Waals surface area contributed by atoms with Crippen LogP contribution in [-0.2, 0) is 6.61 Å². The molecule has 72 valence electrons. The van der Waals surface area contributed by atoms with Crippen LogP contribution in [0.15, 0.2) is 45.7 Å². The Morgan fingerprint density at radius 3 is 2.93 bits per heavy atom. The van der Waals surface area contributed by atoms with Crippen LogP contribution in [0.4, 0.5) is 0 Å². The number of hydrogen-bond acceptors (Lipinski definition) is 3. The minimum Gasteiger partial charge on any atom is -0.484 e. The summed E-state index contributed by atoms with van der Waals surface area (Å²) in [6, 6.07) is 7.38. The SMILES string of the molecule is Brc1ccc(OCc2ccco2)cn1. The van der Waals surface area contributed by atoms with Crippen LogP contribution < -0.4 is 4.74 Å². The van der Waals surface area contributed by atoms with Gasteiger partial charge in [0.05, 0.1) is 12.5 Å². The van der Waals surface area contributed by atoms with E-state index in [2.05, 4.69) is 20.9 Å². The molecule has 0 aliphatic carbocycles. The first-order valence-corrected chi connectivity index (χ1v) is 4.90. The summed E-state index contributed by atoms with van der Waals surface area (Å²) in [5.74, 6) is 1.53. The lowest BCUT2D eigenvalue weighted by atomic mass is 10.4. The highest BCUT2D eigenvalue weighted by atomic mass is 79.9. The topological polar surface area (TPSA) is 35.3 Å². The van der Waals surface area contributed by atoms with Crippen molar-refractivity contribution in [3.63, 3.8) is 0 Å². The fourth-order valence-corrected chi connectivity index (χ4v) is 1.23. The van der Waals surface area contributed by atoms with Crippen molar-refractivity contribution in [3.05, 3.63) is 47.1 Å². The third-order valence-electron chi connectivity index (χ3n) is 1.66. The molecule has 3 nitrogen and oxygen atoms in total. The minimum atomic E-state index is 0.427. The van der Waals surface area contributed by atoms with Crippen LogP contribution in [0.2, 0.25) is 0 Å². The first kappa shape index (κ1) is 9.27. The summed E-state index contributed by atoms with van der Waals surface area (Å²) in [6.07, 6.45) is 3.28. The van der Waals surface area contributed by atoms with Gasteiger partial charge < -0.3 is 9.15 Å². The minimum absolute atomic E-state index is 0.427. The summed E-state index contributed by atoms with van der Waals surface area (Å²) in [5.41, 5.74) is 0. The molecule has 2 heterocycles. The number of pyridine rings is 1. The second-order valence-electron chi connectivity index (χ2n) is 2.68. The monoisotopic (exact) mass is 253 g/mol. The van der Waals surface area contributed by atoms with E-state index in [0.29, 0.717) is 6.61 Å². The molecule has 2 rings (SSSR count). The zero-order chi connectivity index (χ0) is 9.80. The van der Waals surface area contributed by atoms with Gasteiger partial charge in [-0.3, -0.25) is 0 Å². The van der Waals surface area contributed by atoms with E-state index in [1.807, 2.05) is 24.3 Å². The van der Waals surface area contributed by atoms with Crippen molar-refractivity contribution in [2.24, 2.45) is 0 Å². The summed E-state index contributed by atoms with van der Waals surface area (Å²) in [7, 11) is 0. The zero-order valence-corrected chi connectivity index (χ0v) is 8.90. The molecule has 0 radical (unpaired) electrons. The molecule has 0 fully saturated rings. The molecular formula is C10H8BrNO2. The Labute approximate surface area is 89.8 Å². The predicted octanol–water partition coefficient (Wildman–Crippen LogP) is 3.02. The second kappa shape index (κ2) is 4.28. The van der Waals surface area contributed by atoms with Gasteiger partial charge in [-0.15, -0.1) is 0 Å². The maximum atomic E-state index is 5.43. The normalized spacial score (nSPS) is 10.1. The van der Waals surface area contributed by atoms with Crippen molar-refractivity contribution in [1.82, 2.24) is 4.98 Å². The standard InChI is InChI=1S/C10H8BrNO2/c11-10-4-3-8(6-12-10)14-7-9-2-1-5-13-9/h1-6H,7H2. The number of aromatic nitrogens is 1. The average molecular weight is 254 g/mol. The first-order valence-electron chi connectivity index (χ1n) is 4.11. The van der Waals surface area contributed by atoms with Crippen LogP contribution in [-0.4, -0.2) is 4.98 Å². The van der Waals surface area contributed by atoms with Crippen LogP contribution in [0.5, 0.6) is 5.75 Å². The summed E-state index contributed by atoms with van der Waals surface area (Å²) in [4.78, 5) is 4.04. The van der Waals surface area contributed by atoms with Crippen LogP contribution in [0.3, 0.4) is 0 Å². The summed E-state index contributed by atoms with van der Waals surface area (Å²) < 4.78 is 11.3. The van der Waals surface area contributed by atoms with Gasteiger partial charge in [0.25, 0.3) is 0 Å². The van der Waals surface area contributed by atoms with E-state index < -0.39 is 0 Å². The lowest BCUT2D eigenvalue weighted by Gasteiger charge is -2.02. The van der Waals surface area contributed by atoms with E-state index >= 15 is 0 Å². The van der Waals surface area contributed by atoms with Gasteiger partial charge in [0.1, 0.15) is 22.7 Å². The van der Waals surface area contributed by atoms with Crippen molar-refractivity contribution in [2.45, 2.75) is 6.61 Å². The van der Waals surface area contributed by atoms with Gasteiger partial charge in [0, 0.05) is 0 Å². The molecule has 2 aromatic rings. The average Bonchev–Trinajstić information content (AvgIpc) is 2.70. The van der Waals surface area contributed by atoms with Crippen molar-refractivity contribution in [2.75, 3.05) is 0 Å². The molecule has 0 saturated carbocycles. The predicted molar refractivity (Wildman–Crippen MR) is 55.0 cm³/mol. The maximum Gasteiger partial charge on any atom is 0.146 e. The van der Waals surface area contributed by atoms with Crippen LogP contribution >= 0.6 is 15.9 Å². The molecule has 0 unspecified atom stereocenters. The van der Waals surface area contributed by atoms with Crippen LogP contribution in [0.1, 0.15) is 5.76 Å². The van der Waals surface area contributed by atoms with Gasteiger partial charge in [-0.05, 0) is 40.2 Å². The highest BCUT2D eigenvalue weighted by Gasteiger charge is 1.97. The molecule has 0 saturated heterocycles. The van der Waals surface area contributed by atoms with Crippen LogP contribution in [0, 0.1) is 0 Å². The molecule has 14 heavy (non-hydrogen) atoms. The molecule has 0 aliphatic heterocycles. The Morgan fingerprint density at radius 2 is 2.29 bits per heavy atom. The highest BCUT2D eigenvalue weighted by Crippen LogP contribution is 2.14. The first-order chi connectivity index (χ1) is 6.84. The second-order valence-corrected chi connectivity index (χ2v) is 3.50. The molecule has 0 aromatic carbocycles. The summed E-state index contributed by atoms with van der Waals surface area (Å²) in [5, 5.41) is 0. The number of nitrogens with zero attached hydrogens (tertiary/aromatic N) is 1. The molecule has 0 aliphatic rings. The van der Waals surface area contributed by atoms with E-state index in [-0.39, 0.29) is 0 Å². The Hall–Kier alpha value is -1.29. The summed E-state index contributed by atoms with van der Waals surface area (Å²) in [6.45, 7) is 0.427. The van der Waals surface area contributed by atoms with Gasteiger partial charge >= 0.3 is 0 Å². The Balaban J connectivity index is 1.95. The third-order valence-corrected chi connectivity index (χ3v) is 2.13. The molecule has 0 spiro atoms. The molecule has 0 bridgehead atoms. The highest BCUT2D eigenvalue weighted by molar-refractivity contribution is 9.10. The quantitative estimate of drug-likeness (QED) is 0.789. The van der Waals surface area contributed by atoms with E-state index in [9.17, 15) is 0 Å². The van der Waals surface area contributed by atoms with E-state index in [1.54, 1.807) is 12.5 Å². The van der Waals surface area contributed by atoms with Crippen molar-refractivity contribution < 1.29 is 9.15 Å². The van der Waals surface area contributed by atoms with Gasteiger partial charge in [-0.2, -0.15) is 0 Å². The maximum absolute atomic E-state index is 5.43. The molecule has 0 N–H and O–H groups in total. The molecule has 4 heteroatoms. The number of furan rings is 1. The van der Waals surface area contributed by atoms with E-state index in [0.717, 1.165) is 16.1 Å². The number of hydrogen-bond donors (Lipinski definition) is 0. The molecule has 0 atom stereocenters. The van der Waals surface area contributed by atoms with Gasteiger partial charge in [0.2, 0.25) is 0 Å². The smallest absolute Gasteiger partial charge is 0.146 e. The Bertz CT molecular complexity index is 383. The Kier molecular flexibility index (Phi) is 2.84. The van der Waals surface area contributed by atoms with Gasteiger partial charge in [-0.1, -0.05) is 0 Å².